The van der Waals surface area contributed by atoms with E-state index in [9.17, 15) is 19.5 Å². The minimum Gasteiger partial charge on any atom is -0.465 e. The summed E-state index contributed by atoms with van der Waals surface area (Å²) < 4.78 is 4.97. The zero-order valence-corrected chi connectivity index (χ0v) is 14.2. The maximum absolute atomic E-state index is 12.1. The second-order valence-corrected chi connectivity index (χ2v) is 6.60. The minimum atomic E-state index is -0.942. The standard InChI is InChI=1S/C15H27N3O5/c1-10(2)9-23-14(22)5-11(19)6-16-7-12(20)18-13(21)8-17-15(18,3)4/h10-11,16-17,19H,5-9H2,1-4H3. The molecule has 0 aliphatic carbocycles. The van der Waals surface area contributed by atoms with Crippen LogP contribution in [0.3, 0.4) is 0 Å². The number of hydrogen-bond acceptors (Lipinski definition) is 7. The van der Waals surface area contributed by atoms with Crippen LogP contribution in [0.2, 0.25) is 0 Å². The number of aliphatic hydroxyl groups excluding tert-OH is 1. The lowest BCUT2D eigenvalue weighted by molar-refractivity contribution is -0.147. The molecule has 23 heavy (non-hydrogen) atoms. The van der Waals surface area contributed by atoms with Crippen molar-refractivity contribution in [2.24, 2.45) is 5.92 Å². The molecule has 1 aliphatic heterocycles. The average molecular weight is 329 g/mol. The Morgan fingerprint density at radius 1 is 1.43 bits per heavy atom. The van der Waals surface area contributed by atoms with Gasteiger partial charge in [-0.25, -0.2) is 0 Å². The molecule has 132 valence electrons. The normalized spacial score (nSPS) is 18.3. The summed E-state index contributed by atoms with van der Waals surface area (Å²) in [6, 6.07) is 0. The number of rotatable bonds is 8. The lowest BCUT2D eigenvalue weighted by atomic mass is 10.2. The molecule has 1 atom stereocenters. The van der Waals surface area contributed by atoms with Gasteiger partial charge in [0.2, 0.25) is 11.8 Å². The molecule has 1 heterocycles. The summed E-state index contributed by atoms with van der Waals surface area (Å²) >= 11 is 0. The summed E-state index contributed by atoms with van der Waals surface area (Å²) in [5, 5.41) is 15.5. The van der Waals surface area contributed by atoms with Crippen LogP contribution >= 0.6 is 0 Å². The molecule has 1 rings (SSSR count). The van der Waals surface area contributed by atoms with Crippen LogP contribution in [0, 0.1) is 5.92 Å². The topological polar surface area (TPSA) is 108 Å². The monoisotopic (exact) mass is 329 g/mol. The Hall–Kier alpha value is -1.51. The molecule has 3 N–H and O–H groups in total. The highest BCUT2D eigenvalue weighted by Crippen LogP contribution is 2.16. The van der Waals surface area contributed by atoms with E-state index < -0.39 is 17.7 Å². The maximum atomic E-state index is 12.1. The van der Waals surface area contributed by atoms with Crippen molar-refractivity contribution in [3.63, 3.8) is 0 Å². The molecule has 1 saturated heterocycles. The number of carbonyl (C=O) groups excluding carboxylic acids is 3. The zero-order chi connectivity index (χ0) is 17.6. The van der Waals surface area contributed by atoms with Gasteiger partial charge in [-0.2, -0.15) is 0 Å². The van der Waals surface area contributed by atoms with Gasteiger partial charge in [-0.05, 0) is 19.8 Å². The van der Waals surface area contributed by atoms with Gasteiger partial charge in [-0.1, -0.05) is 13.8 Å². The van der Waals surface area contributed by atoms with Crippen LogP contribution in [0.1, 0.15) is 34.1 Å². The van der Waals surface area contributed by atoms with E-state index >= 15 is 0 Å². The third-order valence-corrected chi connectivity index (χ3v) is 3.37. The lowest BCUT2D eigenvalue weighted by Crippen LogP contribution is -2.52. The van der Waals surface area contributed by atoms with Crippen molar-refractivity contribution in [3.8, 4) is 0 Å². The molecule has 0 aromatic heterocycles. The Morgan fingerprint density at radius 2 is 2.09 bits per heavy atom. The van der Waals surface area contributed by atoms with E-state index in [1.165, 1.54) is 4.90 Å². The summed E-state index contributed by atoms with van der Waals surface area (Å²) in [4.78, 5) is 36.4. The first-order chi connectivity index (χ1) is 10.6. The molecular formula is C15H27N3O5. The Morgan fingerprint density at radius 3 is 2.61 bits per heavy atom. The molecule has 1 aliphatic rings. The quantitative estimate of drug-likeness (QED) is 0.501. The van der Waals surface area contributed by atoms with Crippen molar-refractivity contribution in [3.05, 3.63) is 0 Å². The number of nitrogens with one attached hydrogen (secondary N) is 2. The average Bonchev–Trinajstić information content (AvgIpc) is 2.70. The molecule has 0 bridgehead atoms. The molecule has 1 fully saturated rings. The lowest BCUT2D eigenvalue weighted by Gasteiger charge is -2.29. The van der Waals surface area contributed by atoms with Gasteiger partial charge < -0.3 is 15.2 Å². The molecule has 0 aromatic rings. The van der Waals surface area contributed by atoms with E-state index in [1.54, 1.807) is 13.8 Å². The van der Waals surface area contributed by atoms with Gasteiger partial charge in [-0.3, -0.25) is 24.6 Å². The fourth-order valence-corrected chi connectivity index (χ4v) is 2.22. The largest absolute Gasteiger partial charge is 0.465 e. The number of aliphatic hydroxyl groups is 1. The molecule has 2 amide bonds. The number of imide groups is 1. The number of ether oxygens (including phenoxy) is 1. The first kappa shape index (κ1) is 19.5. The molecule has 0 spiro atoms. The Kier molecular flexibility index (Phi) is 7.11. The number of hydrogen-bond donors (Lipinski definition) is 3. The Labute approximate surface area is 136 Å². The van der Waals surface area contributed by atoms with Crippen LogP contribution in [0.15, 0.2) is 0 Å². The van der Waals surface area contributed by atoms with Crippen molar-refractivity contribution in [2.45, 2.75) is 45.9 Å². The summed E-state index contributed by atoms with van der Waals surface area (Å²) in [6.45, 7) is 7.76. The molecular weight excluding hydrogens is 302 g/mol. The number of esters is 1. The van der Waals surface area contributed by atoms with Gasteiger partial charge in [0.15, 0.2) is 0 Å². The molecule has 0 saturated carbocycles. The predicted molar refractivity (Wildman–Crippen MR) is 83.2 cm³/mol. The minimum absolute atomic E-state index is 0.0679. The van der Waals surface area contributed by atoms with E-state index in [2.05, 4.69) is 10.6 Å². The van der Waals surface area contributed by atoms with Gasteiger partial charge in [-0.15, -0.1) is 0 Å². The van der Waals surface area contributed by atoms with Crippen molar-refractivity contribution < 1.29 is 24.2 Å². The highest BCUT2D eigenvalue weighted by molar-refractivity contribution is 5.99. The van der Waals surface area contributed by atoms with Gasteiger partial charge in [0.1, 0.15) is 0 Å². The van der Waals surface area contributed by atoms with Crippen LogP contribution in [0.25, 0.3) is 0 Å². The van der Waals surface area contributed by atoms with E-state index in [0.29, 0.717) is 6.61 Å². The van der Waals surface area contributed by atoms with E-state index in [0.717, 1.165) is 0 Å². The fourth-order valence-electron chi connectivity index (χ4n) is 2.22. The third-order valence-electron chi connectivity index (χ3n) is 3.37. The molecule has 0 aromatic carbocycles. The molecule has 8 nitrogen and oxygen atoms in total. The Bertz CT molecular complexity index is 450. The van der Waals surface area contributed by atoms with Crippen molar-refractivity contribution >= 4 is 17.8 Å². The smallest absolute Gasteiger partial charge is 0.308 e. The summed E-state index contributed by atoms with van der Waals surface area (Å²) in [6.07, 6.45) is -1.08. The molecule has 1 unspecified atom stereocenters. The van der Waals surface area contributed by atoms with Crippen LogP contribution in [-0.4, -0.2) is 65.8 Å². The first-order valence-electron chi connectivity index (χ1n) is 7.78. The van der Waals surface area contributed by atoms with E-state index in [1.807, 2.05) is 13.8 Å². The number of nitrogens with zero attached hydrogens (tertiary/aromatic N) is 1. The first-order valence-corrected chi connectivity index (χ1v) is 7.78. The van der Waals surface area contributed by atoms with Gasteiger partial charge in [0.25, 0.3) is 0 Å². The fraction of sp³-hybridized carbons (Fsp3) is 0.800. The highest BCUT2D eigenvalue weighted by Gasteiger charge is 2.41. The second-order valence-electron chi connectivity index (χ2n) is 6.60. The number of carbonyl (C=O) groups is 3. The SMILES string of the molecule is CC(C)COC(=O)CC(O)CNCC(=O)N1C(=O)CNC1(C)C. The van der Waals surface area contributed by atoms with Gasteiger partial charge >= 0.3 is 5.97 Å². The van der Waals surface area contributed by atoms with Crippen LogP contribution in [0.5, 0.6) is 0 Å². The maximum Gasteiger partial charge on any atom is 0.308 e. The van der Waals surface area contributed by atoms with Crippen LogP contribution in [-0.2, 0) is 19.1 Å². The summed E-state index contributed by atoms with van der Waals surface area (Å²) in [5.74, 6) is -0.889. The predicted octanol–water partition coefficient (Wildman–Crippen LogP) is -0.779. The summed E-state index contributed by atoms with van der Waals surface area (Å²) in [7, 11) is 0. The zero-order valence-electron chi connectivity index (χ0n) is 14.2. The highest BCUT2D eigenvalue weighted by atomic mass is 16.5. The van der Waals surface area contributed by atoms with E-state index in [4.69, 9.17) is 4.74 Å². The molecule has 0 radical (unpaired) electrons. The van der Waals surface area contributed by atoms with Crippen LogP contribution < -0.4 is 10.6 Å². The van der Waals surface area contributed by atoms with Crippen molar-refractivity contribution in [2.75, 3.05) is 26.2 Å². The van der Waals surface area contributed by atoms with Crippen molar-refractivity contribution in [1.82, 2.24) is 15.5 Å². The van der Waals surface area contributed by atoms with E-state index in [-0.39, 0.29) is 43.8 Å². The Balaban J connectivity index is 2.29. The van der Waals surface area contributed by atoms with Gasteiger partial charge in [0, 0.05) is 6.54 Å². The van der Waals surface area contributed by atoms with Crippen molar-refractivity contribution in [1.29, 1.82) is 0 Å². The molecule has 8 heteroatoms. The second kappa shape index (κ2) is 8.37. The van der Waals surface area contributed by atoms with Crippen LogP contribution in [0.4, 0.5) is 0 Å². The third kappa shape index (κ3) is 6.25. The summed E-state index contributed by atoms with van der Waals surface area (Å²) in [5.41, 5.74) is -0.713. The van der Waals surface area contributed by atoms with Gasteiger partial charge in [0.05, 0.1) is 37.9 Å². The number of amides is 2.